The number of likely N-dealkylation sites (tertiary alicyclic amines) is 1. The van der Waals surface area contributed by atoms with E-state index < -0.39 is 0 Å². The monoisotopic (exact) mass is 486 g/mol. The molecular weight excluding hydrogens is 456 g/mol. The zero-order valence-electron chi connectivity index (χ0n) is 18.5. The third kappa shape index (κ3) is 6.57. The molecule has 2 aromatic carbocycles. The summed E-state index contributed by atoms with van der Waals surface area (Å²) in [5.74, 6) is 1.58. The van der Waals surface area contributed by atoms with Crippen LogP contribution < -0.4 is 10.1 Å². The quantitative estimate of drug-likeness (QED) is 0.521. The molecule has 1 saturated heterocycles. The van der Waals surface area contributed by atoms with Gasteiger partial charge in [-0.25, -0.2) is 0 Å². The predicted molar refractivity (Wildman–Crippen MR) is 128 cm³/mol. The van der Waals surface area contributed by atoms with Crippen LogP contribution in [-0.4, -0.2) is 36.4 Å². The highest BCUT2D eigenvalue weighted by molar-refractivity contribution is 9.10. The summed E-state index contributed by atoms with van der Waals surface area (Å²) in [6.07, 6.45) is 3.02. The fourth-order valence-corrected chi connectivity index (χ4v) is 3.86. The van der Waals surface area contributed by atoms with Crippen LogP contribution in [0.1, 0.15) is 60.7 Å². The summed E-state index contributed by atoms with van der Waals surface area (Å²) in [6.45, 7) is 8.68. The number of amides is 2. The minimum absolute atomic E-state index is 0.0533. The number of nitrogens with zero attached hydrogens (tertiary/aromatic N) is 1. The molecule has 5 nitrogen and oxygen atoms in total. The molecule has 0 bridgehead atoms. The highest BCUT2D eigenvalue weighted by Crippen LogP contribution is 2.25. The number of piperidine rings is 1. The van der Waals surface area contributed by atoms with Gasteiger partial charge in [0.15, 0.2) is 0 Å². The Labute approximate surface area is 193 Å². The summed E-state index contributed by atoms with van der Waals surface area (Å²) < 4.78 is 6.67. The van der Waals surface area contributed by atoms with Gasteiger partial charge in [0.05, 0.1) is 12.2 Å². The zero-order chi connectivity index (χ0) is 22.4. The molecular formula is C25H31BrN2O3. The molecule has 0 aromatic heterocycles. The molecule has 1 aliphatic heterocycles. The van der Waals surface area contributed by atoms with Crippen molar-refractivity contribution in [2.24, 2.45) is 11.8 Å². The largest absolute Gasteiger partial charge is 0.493 e. The lowest BCUT2D eigenvalue weighted by Gasteiger charge is -2.30. The standard InChI is InChI=1S/C25H31BrN2O3/c1-17(2)12-15-31-23-9-6-20(26)16-22(23)24(29)27-21-7-4-19(5-8-21)25(30)28-13-10-18(3)11-14-28/h4-9,16-18H,10-15H2,1-3H3,(H,27,29). The van der Waals surface area contributed by atoms with Gasteiger partial charge in [-0.3, -0.25) is 9.59 Å². The lowest BCUT2D eigenvalue weighted by molar-refractivity contribution is 0.0697. The predicted octanol–water partition coefficient (Wildman–Crippen LogP) is 6.00. The van der Waals surface area contributed by atoms with E-state index in [9.17, 15) is 9.59 Å². The smallest absolute Gasteiger partial charge is 0.259 e. The fraction of sp³-hybridized carbons (Fsp3) is 0.440. The first kappa shape index (κ1) is 23.3. The van der Waals surface area contributed by atoms with E-state index in [-0.39, 0.29) is 11.8 Å². The summed E-state index contributed by atoms with van der Waals surface area (Å²) in [6, 6.07) is 12.5. The Morgan fingerprint density at radius 2 is 1.81 bits per heavy atom. The molecule has 0 spiro atoms. The number of benzene rings is 2. The normalized spacial score (nSPS) is 14.5. The number of carbonyl (C=O) groups is 2. The second-order valence-electron chi connectivity index (χ2n) is 8.68. The van der Waals surface area contributed by atoms with Crippen molar-refractivity contribution in [2.45, 2.75) is 40.0 Å². The van der Waals surface area contributed by atoms with Gasteiger partial charge >= 0.3 is 0 Å². The topological polar surface area (TPSA) is 58.6 Å². The van der Waals surface area contributed by atoms with Crippen LogP contribution in [0.4, 0.5) is 5.69 Å². The Kier molecular flexibility index (Phi) is 8.13. The molecule has 1 aliphatic rings. The molecule has 2 amide bonds. The zero-order valence-corrected chi connectivity index (χ0v) is 20.1. The van der Waals surface area contributed by atoms with E-state index in [1.165, 1.54) is 0 Å². The first-order valence-electron chi connectivity index (χ1n) is 11.0. The van der Waals surface area contributed by atoms with Crippen LogP contribution >= 0.6 is 15.9 Å². The molecule has 0 unspecified atom stereocenters. The molecule has 0 saturated carbocycles. The average Bonchev–Trinajstić information content (AvgIpc) is 2.75. The number of ether oxygens (including phenoxy) is 1. The van der Waals surface area contributed by atoms with Gasteiger partial charge in [-0.05, 0) is 73.6 Å². The Balaban J connectivity index is 1.65. The van der Waals surface area contributed by atoms with Gasteiger partial charge in [-0.2, -0.15) is 0 Å². The van der Waals surface area contributed by atoms with Gasteiger partial charge in [0.1, 0.15) is 5.75 Å². The number of hydrogen-bond donors (Lipinski definition) is 1. The maximum Gasteiger partial charge on any atom is 0.259 e. The average molecular weight is 487 g/mol. The number of carbonyl (C=O) groups excluding carboxylic acids is 2. The molecule has 3 rings (SSSR count). The van der Waals surface area contributed by atoms with E-state index in [0.717, 1.165) is 36.8 Å². The molecule has 1 heterocycles. The van der Waals surface area contributed by atoms with Crippen LogP contribution in [-0.2, 0) is 0 Å². The Morgan fingerprint density at radius 1 is 1.13 bits per heavy atom. The van der Waals surface area contributed by atoms with Gasteiger partial charge < -0.3 is 15.0 Å². The summed E-state index contributed by atoms with van der Waals surface area (Å²) in [7, 11) is 0. The Morgan fingerprint density at radius 3 is 2.45 bits per heavy atom. The van der Waals surface area contributed by atoms with Crippen LogP contribution in [0.5, 0.6) is 5.75 Å². The molecule has 0 atom stereocenters. The minimum atomic E-state index is -0.245. The summed E-state index contributed by atoms with van der Waals surface area (Å²) in [4.78, 5) is 27.5. The number of hydrogen-bond acceptors (Lipinski definition) is 3. The lowest BCUT2D eigenvalue weighted by atomic mass is 9.98. The number of nitrogens with one attached hydrogen (secondary N) is 1. The van der Waals surface area contributed by atoms with Crippen molar-refractivity contribution in [3.63, 3.8) is 0 Å². The van der Waals surface area contributed by atoms with Gasteiger partial charge in [0, 0.05) is 28.8 Å². The first-order chi connectivity index (χ1) is 14.8. The van der Waals surface area contributed by atoms with E-state index in [0.29, 0.717) is 41.0 Å². The van der Waals surface area contributed by atoms with Crippen molar-refractivity contribution in [3.8, 4) is 5.75 Å². The van der Waals surface area contributed by atoms with Crippen LogP contribution in [0.25, 0.3) is 0 Å². The van der Waals surface area contributed by atoms with E-state index >= 15 is 0 Å². The summed E-state index contributed by atoms with van der Waals surface area (Å²) in [5, 5.41) is 2.91. The van der Waals surface area contributed by atoms with Crippen molar-refractivity contribution >= 4 is 33.4 Å². The maximum absolute atomic E-state index is 12.9. The summed E-state index contributed by atoms with van der Waals surface area (Å²) in [5.41, 5.74) is 1.76. The second kappa shape index (κ2) is 10.8. The molecule has 0 aliphatic carbocycles. The Bertz CT molecular complexity index is 903. The highest BCUT2D eigenvalue weighted by Gasteiger charge is 2.21. The summed E-state index contributed by atoms with van der Waals surface area (Å²) >= 11 is 3.43. The molecule has 166 valence electrons. The lowest BCUT2D eigenvalue weighted by Crippen LogP contribution is -2.37. The number of rotatable bonds is 7. The van der Waals surface area contributed by atoms with Crippen LogP contribution in [0.15, 0.2) is 46.9 Å². The van der Waals surface area contributed by atoms with Crippen molar-refractivity contribution in [1.82, 2.24) is 4.90 Å². The Hall–Kier alpha value is -2.34. The number of anilines is 1. The van der Waals surface area contributed by atoms with E-state index in [1.54, 1.807) is 36.4 Å². The van der Waals surface area contributed by atoms with Gasteiger partial charge in [-0.1, -0.05) is 36.7 Å². The van der Waals surface area contributed by atoms with Crippen molar-refractivity contribution < 1.29 is 14.3 Å². The van der Waals surface area contributed by atoms with Crippen molar-refractivity contribution in [1.29, 1.82) is 0 Å². The fourth-order valence-electron chi connectivity index (χ4n) is 3.50. The second-order valence-corrected chi connectivity index (χ2v) is 9.59. The van der Waals surface area contributed by atoms with Gasteiger partial charge in [0.2, 0.25) is 0 Å². The van der Waals surface area contributed by atoms with Gasteiger partial charge in [-0.15, -0.1) is 0 Å². The van der Waals surface area contributed by atoms with Gasteiger partial charge in [0.25, 0.3) is 11.8 Å². The molecule has 1 N–H and O–H groups in total. The molecule has 1 fully saturated rings. The third-order valence-corrected chi connectivity index (χ3v) is 6.09. The van der Waals surface area contributed by atoms with E-state index in [2.05, 4.69) is 42.0 Å². The van der Waals surface area contributed by atoms with Crippen molar-refractivity contribution in [2.75, 3.05) is 25.0 Å². The van der Waals surface area contributed by atoms with Crippen LogP contribution in [0.2, 0.25) is 0 Å². The molecule has 6 heteroatoms. The highest BCUT2D eigenvalue weighted by atomic mass is 79.9. The van der Waals surface area contributed by atoms with Crippen LogP contribution in [0, 0.1) is 11.8 Å². The first-order valence-corrected chi connectivity index (χ1v) is 11.8. The minimum Gasteiger partial charge on any atom is -0.493 e. The van der Waals surface area contributed by atoms with E-state index in [1.807, 2.05) is 11.0 Å². The number of halogens is 1. The maximum atomic E-state index is 12.9. The SMILES string of the molecule is CC(C)CCOc1ccc(Br)cc1C(=O)Nc1ccc(C(=O)N2CCC(C)CC2)cc1. The molecule has 31 heavy (non-hydrogen) atoms. The molecule has 2 aromatic rings. The van der Waals surface area contributed by atoms with Crippen molar-refractivity contribution in [3.05, 3.63) is 58.1 Å². The third-order valence-electron chi connectivity index (χ3n) is 5.60. The van der Waals surface area contributed by atoms with Crippen LogP contribution in [0.3, 0.4) is 0 Å². The van der Waals surface area contributed by atoms with E-state index in [4.69, 9.17) is 4.74 Å². The molecule has 0 radical (unpaired) electrons.